The Balaban J connectivity index is 1.50. The van der Waals surface area contributed by atoms with Gasteiger partial charge in [-0.25, -0.2) is 9.37 Å². The van der Waals surface area contributed by atoms with Crippen LogP contribution in [-0.4, -0.2) is 50.3 Å². The van der Waals surface area contributed by atoms with Crippen molar-refractivity contribution in [3.63, 3.8) is 0 Å². The Kier molecular flexibility index (Phi) is 7.67. The van der Waals surface area contributed by atoms with Gasteiger partial charge in [0.2, 0.25) is 0 Å². The van der Waals surface area contributed by atoms with Gasteiger partial charge in [0.05, 0.1) is 7.11 Å². The normalized spacial score (nSPS) is 16.7. The number of benzene rings is 1. The number of halogens is 1. The van der Waals surface area contributed by atoms with Crippen molar-refractivity contribution in [3.8, 4) is 5.75 Å². The minimum Gasteiger partial charge on any atom is -0.497 e. The second kappa shape index (κ2) is 10.6. The highest BCUT2D eigenvalue weighted by Crippen LogP contribution is 2.20. The van der Waals surface area contributed by atoms with Crippen molar-refractivity contribution in [1.29, 1.82) is 0 Å². The summed E-state index contributed by atoms with van der Waals surface area (Å²) < 4.78 is 19.3. The Bertz CT molecular complexity index is 813. The van der Waals surface area contributed by atoms with Crippen molar-refractivity contribution in [2.75, 3.05) is 38.2 Å². The largest absolute Gasteiger partial charge is 0.497 e. The number of ether oxygens (including phenoxy) is 1. The van der Waals surface area contributed by atoms with Gasteiger partial charge >= 0.3 is 0 Å². The Morgan fingerprint density at radius 2 is 2.24 bits per heavy atom. The lowest BCUT2D eigenvalue weighted by Crippen LogP contribution is -2.44. The van der Waals surface area contributed by atoms with Crippen LogP contribution in [0.15, 0.2) is 47.6 Å². The van der Waals surface area contributed by atoms with E-state index in [0.717, 1.165) is 50.6 Å². The Hall–Kier alpha value is -2.83. The number of nitrogens with one attached hydrogen (secondary N) is 2. The minimum absolute atomic E-state index is 0.215. The molecular formula is C22H30FN5O. The van der Waals surface area contributed by atoms with Crippen LogP contribution in [0, 0.1) is 5.82 Å². The number of aryl methyl sites for hydroxylation is 1. The molecular weight excluding hydrogens is 369 g/mol. The average Bonchev–Trinajstić information content (AvgIpc) is 3.20. The van der Waals surface area contributed by atoms with Crippen LogP contribution in [-0.2, 0) is 6.42 Å². The first-order valence-corrected chi connectivity index (χ1v) is 10.2. The van der Waals surface area contributed by atoms with Crippen molar-refractivity contribution >= 4 is 11.8 Å². The molecule has 156 valence electrons. The van der Waals surface area contributed by atoms with Crippen molar-refractivity contribution in [2.24, 2.45) is 4.99 Å². The van der Waals surface area contributed by atoms with Gasteiger partial charge in [0, 0.05) is 38.4 Å². The van der Waals surface area contributed by atoms with Crippen LogP contribution in [0.3, 0.4) is 0 Å². The highest BCUT2D eigenvalue weighted by Gasteiger charge is 2.25. The first-order chi connectivity index (χ1) is 14.2. The third-order valence-electron chi connectivity index (χ3n) is 4.94. The van der Waals surface area contributed by atoms with E-state index in [2.05, 4.69) is 34.7 Å². The molecule has 29 heavy (non-hydrogen) atoms. The predicted octanol–water partition coefficient (Wildman–Crippen LogP) is 3.00. The zero-order chi connectivity index (χ0) is 20.5. The maximum absolute atomic E-state index is 14.0. The highest BCUT2D eigenvalue weighted by molar-refractivity contribution is 5.80. The first kappa shape index (κ1) is 20.9. The van der Waals surface area contributed by atoms with Crippen LogP contribution in [0.1, 0.15) is 25.3 Å². The SMILES string of the molecule is CCNC(=NCCCc1cccc(OC)c1)NC1CCN(c2ncccc2F)C1. The summed E-state index contributed by atoms with van der Waals surface area (Å²) in [5.41, 5.74) is 1.25. The van der Waals surface area contributed by atoms with Crippen molar-refractivity contribution in [3.05, 3.63) is 54.0 Å². The van der Waals surface area contributed by atoms with E-state index >= 15 is 0 Å². The third-order valence-corrected chi connectivity index (χ3v) is 4.94. The Morgan fingerprint density at radius 1 is 1.34 bits per heavy atom. The van der Waals surface area contributed by atoms with E-state index in [1.54, 1.807) is 19.4 Å². The summed E-state index contributed by atoms with van der Waals surface area (Å²) in [5, 5.41) is 6.78. The van der Waals surface area contributed by atoms with E-state index < -0.39 is 0 Å². The molecule has 0 bridgehead atoms. The third kappa shape index (κ3) is 6.07. The maximum atomic E-state index is 14.0. The molecule has 3 rings (SSSR count). The lowest BCUT2D eigenvalue weighted by molar-refractivity contribution is 0.414. The van der Waals surface area contributed by atoms with E-state index in [1.807, 2.05) is 17.0 Å². The Labute approximate surface area is 172 Å². The summed E-state index contributed by atoms with van der Waals surface area (Å²) in [5.74, 6) is 1.85. The molecule has 0 saturated carbocycles. The molecule has 2 heterocycles. The monoisotopic (exact) mass is 399 g/mol. The molecule has 1 atom stereocenters. The van der Waals surface area contributed by atoms with E-state index in [4.69, 9.17) is 9.73 Å². The molecule has 1 aliphatic heterocycles. The number of hydrogen-bond donors (Lipinski definition) is 2. The fourth-order valence-electron chi connectivity index (χ4n) is 3.50. The van der Waals surface area contributed by atoms with Gasteiger partial charge in [-0.3, -0.25) is 4.99 Å². The molecule has 0 amide bonds. The number of pyridine rings is 1. The molecule has 2 aromatic rings. The second-order valence-corrected chi connectivity index (χ2v) is 7.10. The number of rotatable bonds is 8. The first-order valence-electron chi connectivity index (χ1n) is 10.2. The molecule has 1 saturated heterocycles. The van der Waals surface area contributed by atoms with Gasteiger partial charge < -0.3 is 20.3 Å². The number of nitrogens with zero attached hydrogens (tertiary/aromatic N) is 3. The van der Waals surface area contributed by atoms with Crippen LogP contribution in [0.5, 0.6) is 5.75 Å². The number of anilines is 1. The topological polar surface area (TPSA) is 61.8 Å². The molecule has 0 aliphatic carbocycles. The summed E-state index contributed by atoms with van der Waals surface area (Å²) in [6.07, 6.45) is 4.47. The summed E-state index contributed by atoms with van der Waals surface area (Å²) in [6, 6.07) is 11.4. The number of aromatic nitrogens is 1. The lowest BCUT2D eigenvalue weighted by atomic mass is 10.1. The standard InChI is InChI=1S/C22H30FN5O/c1-3-24-22(26-13-5-8-17-7-4-9-19(15-17)29-2)27-18-11-14-28(16-18)21-20(23)10-6-12-25-21/h4,6-7,9-10,12,15,18H,3,5,8,11,13-14,16H2,1-2H3,(H2,24,26,27). The second-order valence-electron chi connectivity index (χ2n) is 7.10. The number of methoxy groups -OCH3 is 1. The van der Waals surface area contributed by atoms with Crippen LogP contribution >= 0.6 is 0 Å². The fraction of sp³-hybridized carbons (Fsp3) is 0.455. The predicted molar refractivity (Wildman–Crippen MR) is 115 cm³/mol. The van der Waals surface area contributed by atoms with Gasteiger partial charge in [-0.05, 0) is 56.0 Å². The van der Waals surface area contributed by atoms with Crippen LogP contribution in [0.25, 0.3) is 0 Å². The van der Waals surface area contributed by atoms with Gasteiger partial charge in [-0.15, -0.1) is 0 Å². The quantitative estimate of drug-likeness (QED) is 0.406. The molecule has 0 radical (unpaired) electrons. The van der Waals surface area contributed by atoms with Crippen LogP contribution < -0.4 is 20.3 Å². The smallest absolute Gasteiger partial charge is 0.191 e. The molecule has 1 unspecified atom stereocenters. The summed E-state index contributed by atoms with van der Waals surface area (Å²) in [4.78, 5) is 10.9. The summed E-state index contributed by atoms with van der Waals surface area (Å²) in [6.45, 7) is 5.07. The fourth-order valence-corrected chi connectivity index (χ4v) is 3.50. The van der Waals surface area contributed by atoms with Crippen molar-refractivity contribution < 1.29 is 9.13 Å². The molecule has 1 aliphatic rings. The van der Waals surface area contributed by atoms with Crippen molar-refractivity contribution in [2.45, 2.75) is 32.2 Å². The van der Waals surface area contributed by atoms with Gasteiger partial charge in [-0.1, -0.05) is 12.1 Å². The zero-order valence-electron chi connectivity index (χ0n) is 17.2. The molecule has 2 N–H and O–H groups in total. The highest BCUT2D eigenvalue weighted by atomic mass is 19.1. The van der Waals surface area contributed by atoms with E-state index in [9.17, 15) is 4.39 Å². The molecule has 7 heteroatoms. The average molecular weight is 400 g/mol. The maximum Gasteiger partial charge on any atom is 0.191 e. The van der Waals surface area contributed by atoms with Crippen molar-refractivity contribution in [1.82, 2.24) is 15.6 Å². The molecule has 6 nitrogen and oxygen atoms in total. The molecule has 0 spiro atoms. The molecule has 1 aromatic heterocycles. The number of hydrogen-bond acceptors (Lipinski definition) is 4. The minimum atomic E-state index is -0.272. The Morgan fingerprint density at radius 3 is 3.03 bits per heavy atom. The number of aliphatic imine (C=N–C) groups is 1. The van der Waals surface area contributed by atoms with E-state index in [-0.39, 0.29) is 11.9 Å². The molecule has 1 aromatic carbocycles. The van der Waals surface area contributed by atoms with Gasteiger partial charge in [0.1, 0.15) is 5.75 Å². The van der Waals surface area contributed by atoms with E-state index in [0.29, 0.717) is 12.4 Å². The zero-order valence-corrected chi connectivity index (χ0v) is 17.2. The van der Waals surface area contributed by atoms with Crippen LogP contribution in [0.4, 0.5) is 10.2 Å². The van der Waals surface area contributed by atoms with E-state index in [1.165, 1.54) is 11.6 Å². The summed E-state index contributed by atoms with van der Waals surface area (Å²) in [7, 11) is 1.68. The van der Waals surface area contributed by atoms with Gasteiger partial charge in [0.25, 0.3) is 0 Å². The van der Waals surface area contributed by atoms with Gasteiger partial charge in [-0.2, -0.15) is 0 Å². The lowest BCUT2D eigenvalue weighted by Gasteiger charge is -2.20. The number of guanidine groups is 1. The molecule has 1 fully saturated rings. The van der Waals surface area contributed by atoms with Gasteiger partial charge in [0.15, 0.2) is 17.6 Å². The summed E-state index contributed by atoms with van der Waals surface area (Å²) >= 11 is 0. The van der Waals surface area contributed by atoms with Crippen LogP contribution in [0.2, 0.25) is 0 Å².